The molecule has 0 amide bonds. The fourth-order valence-corrected chi connectivity index (χ4v) is 1.03. The van der Waals surface area contributed by atoms with E-state index in [0.29, 0.717) is 5.56 Å². The second-order valence-corrected chi connectivity index (χ2v) is 2.66. The smallest absolute Gasteiger partial charge is 0.358 e. The molecule has 1 aromatic rings. The second-order valence-electron chi connectivity index (χ2n) is 2.66. The van der Waals surface area contributed by atoms with Crippen LogP contribution in [0.5, 0.6) is 0 Å². The summed E-state index contributed by atoms with van der Waals surface area (Å²) in [5.41, 5.74) is 0.619. The van der Waals surface area contributed by atoms with Gasteiger partial charge in [-0.25, -0.2) is 0 Å². The molecule has 5 nitrogen and oxygen atoms in total. The van der Waals surface area contributed by atoms with Crippen LogP contribution in [0.3, 0.4) is 0 Å². The SMILES string of the molecule is CCCn1cc(C)c([N+](=O)[O-])n1. The van der Waals surface area contributed by atoms with Crippen LogP contribution in [0.1, 0.15) is 18.9 Å². The van der Waals surface area contributed by atoms with Gasteiger partial charge in [-0.1, -0.05) is 6.92 Å². The molecule has 1 heterocycles. The zero-order valence-electron chi connectivity index (χ0n) is 7.15. The first-order valence-corrected chi connectivity index (χ1v) is 3.83. The largest absolute Gasteiger partial charge is 0.392 e. The molecule has 0 radical (unpaired) electrons. The van der Waals surface area contributed by atoms with Crippen LogP contribution in [0.15, 0.2) is 6.20 Å². The van der Waals surface area contributed by atoms with E-state index in [1.165, 1.54) is 0 Å². The van der Waals surface area contributed by atoms with Gasteiger partial charge in [0.25, 0.3) is 0 Å². The van der Waals surface area contributed by atoms with Crippen molar-refractivity contribution >= 4 is 5.82 Å². The van der Waals surface area contributed by atoms with Crippen LogP contribution in [-0.2, 0) is 6.54 Å². The van der Waals surface area contributed by atoms with Crippen molar-refractivity contribution in [2.45, 2.75) is 26.8 Å². The molecule has 0 saturated carbocycles. The van der Waals surface area contributed by atoms with Gasteiger partial charge < -0.3 is 10.1 Å². The quantitative estimate of drug-likeness (QED) is 0.509. The Bertz CT molecular complexity index is 293. The maximum atomic E-state index is 10.4. The number of nitro groups is 1. The fraction of sp³-hybridized carbons (Fsp3) is 0.571. The summed E-state index contributed by atoms with van der Waals surface area (Å²) < 4.78 is 1.60. The third-order valence-corrected chi connectivity index (χ3v) is 1.54. The summed E-state index contributed by atoms with van der Waals surface area (Å²) in [6.07, 6.45) is 2.62. The summed E-state index contributed by atoms with van der Waals surface area (Å²) >= 11 is 0. The highest BCUT2D eigenvalue weighted by Gasteiger charge is 2.15. The van der Waals surface area contributed by atoms with E-state index in [9.17, 15) is 10.1 Å². The number of nitrogens with zero attached hydrogens (tertiary/aromatic N) is 3. The molecule has 0 aliphatic carbocycles. The zero-order valence-corrected chi connectivity index (χ0v) is 7.15. The Morgan fingerprint density at radius 2 is 2.42 bits per heavy atom. The third kappa shape index (κ3) is 1.61. The summed E-state index contributed by atoms with van der Waals surface area (Å²) in [6.45, 7) is 4.43. The molecule has 12 heavy (non-hydrogen) atoms. The Kier molecular flexibility index (Phi) is 2.42. The summed E-state index contributed by atoms with van der Waals surface area (Å²) in [4.78, 5) is 9.91. The molecule has 0 saturated heterocycles. The number of aryl methyl sites for hydroxylation is 2. The van der Waals surface area contributed by atoms with Crippen LogP contribution in [0.25, 0.3) is 0 Å². The van der Waals surface area contributed by atoms with E-state index in [1.54, 1.807) is 17.8 Å². The molecule has 0 unspecified atom stereocenters. The van der Waals surface area contributed by atoms with E-state index < -0.39 is 4.92 Å². The minimum absolute atomic E-state index is 0.0385. The van der Waals surface area contributed by atoms with Gasteiger partial charge >= 0.3 is 5.82 Å². The van der Waals surface area contributed by atoms with Crippen LogP contribution in [0.4, 0.5) is 5.82 Å². The molecule has 1 rings (SSSR count). The van der Waals surface area contributed by atoms with E-state index in [4.69, 9.17) is 0 Å². The predicted molar refractivity (Wildman–Crippen MR) is 43.9 cm³/mol. The van der Waals surface area contributed by atoms with Gasteiger partial charge in [-0.05, 0) is 18.3 Å². The molecule has 0 aliphatic rings. The third-order valence-electron chi connectivity index (χ3n) is 1.54. The van der Waals surface area contributed by atoms with E-state index >= 15 is 0 Å². The predicted octanol–water partition coefficient (Wildman–Crippen LogP) is 1.51. The fourth-order valence-electron chi connectivity index (χ4n) is 1.03. The van der Waals surface area contributed by atoms with Crippen molar-refractivity contribution in [3.05, 3.63) is 21.9 Å². The summed E-state index contributed by atoms with van der Waals surface area (Å²) in [6, 6.07) is 0. The first kappa shape index (κ1) is 8.70. The highest BCUT2D eigenvalue weighted by atomic mass is 16.6. The first-order valence-electron chi connectivity index (χ1n) is 3.83. The van der Waals surface area contributed by atoms with Crippen molar-refractivity contribution in [3.63, 3.8) is 0 Å². The molecular weight excluding hydrogens is 158 g/mol. The van der Waals surface area contributed by atoms with Crippen molar-refractivity contribution in [2.75, 3.05) is 0 Å². The number of aromatic nitrogens is 2. The Morgan fingerprint density at radius 1 is 1.75 bits per heavy atom. The van der Waals surface area contributed by atoms with Crippen molar-refractivity contribution < 1.29 is 4.92 Å². The van der Waals surface area contributed by atoms with Crippen LogP contribution in [-0.4, -0.2) is 14.7 Å². The topological polar surface area (TPSA) is 61.0 Å². The molecule has 1 aromatic heterocycles. The van der Waals surface area contributed by atoms with Gasteiger partial charge in [0, 0.05) is 0 Å². The summed E-state index contributed by atoms with van der Waals surface area (Å²) in [5, 5.41) is 14.2. The first-order chi connectivity index (χ1) is 5.65. The molecule has 0 aliphatic heterocycles. The number of hydrogen-bond acceptors (Lipinski definition) is 3. The van der Waals surface area contributed by atoms with Gasteiger partial charge in [0.15, 0.2) is 0 Å². The zero-order chi connectivity index (χ0) is 9.14. The van der Waals surface area contributed by atoms with Gasteiger partial charge in [-0.3, -0.25) is 0 Å². The van der Waals surface area contributed by atoms with Crippen molar-refractivity contribution in [2.24, 2.45) is 0 Å². The number of rotatable bonds is 3. The van der Waals surface area contributed by atoms with Gasteiger partial charge in [0.2, 0.25) is 0 Å². The Balaban J connectivity index is 2.92. The van der Waals surface area contributed by atoms with Gasteiger partial charge in [0.1, 0.15) is 0 Å². The van der Waals surface area contributed by atoms with E-state index in [0.717, 1.165) is 13.0 Å². The summed E-state index contributed by atoms with van der Waals surface area (Å²) in [7, 11) is 0. The molecule has 0 N–H and O–H groups in total. The van der Waals surface area contributed by atoms with Crippen molar-refractivity contribution in [1.29, 1.82) is 0 Å². The second kappa shape index (κ2) is 3.34. The van der Waals surface area contributed by atoms with Gasteiger partial charge in [0.05, 0.1) is 23.4 Å². The Labute approximate surface area is 70.2 Å². The van der Waals surface area contributed by atoms with Crippen LogP contribution < -0.4 is 0 Å². The average Bonchev–Trinajstić information content (AvgIpc) is 2.32. The summed E-state index contributed by atoms with van der Waals surface area (Å²) in [5.74, 6) is -0.0385. The normalized spacial score (nSPS) is 10.2. The molecule has 0 bridgehead atoms. The van der Waals surface area contributed by atoms with Crippen molar-refractivity contribution in [3.8, 4) is 0 Å². The molecule has 5 heteroatoms. The average molecular weight is 169 g/mol. The molecule has 0 fully saturated rings. The van der Waals surface area contributed by atoms with E-state index in [-0.39, 0.29) is 5.82 Å². The maximum absolute atomic E-state index is 10.4. The lowest BCUT2D eigenvalue weighted by molar-refractivity contribution is -0.390. The monoisotopic (exact) mass is 169 g/mol. The lowest BCUT2D eigenvalue weighted by atomic mass is 10.4. The van der Waals surface area contributed by atoms with E-state index in [2.05, 4.69) is 5.10 Å². The van der Waals surface area contributed by atoms with Crippen molar-refractivity contribution in [1.82, 2.24) is 9.78 Å². The Hall–Kier alpha value is -1.39. The molecule has 0 aromatic carbocycles. The molecular formula is C7H11N3O2. The minimum atomic E-state index is -0.457. The Morgan fingerprint density at radius 3 is 2.83 bits per heavy atom. The maximum Gasteiger partial charge on any atom is 0.392 e. The van der Waals surface area contributed by atoms with E-state index in [1.807, 2.05) is 6.92 Å². The standard InChI is InChI=1S/C7H11N3O2/c1-3-4-9-5-6(2)7(8-9)10(11)12/h5H,3-4H2,1-2H3. The van der Waals surface area contributed by atoms with Crippen LogP contribution >= 0.6 is 0 Å². The van der Waals surface area contributed by atoms with Crippen LogP contribution in [0, 0.1) is 17.0 Å². The highest BCUT2D eigenvalue weighted by Crippen LogP contribution is 2.13. The lowest BCUT2D eigenvalue weighted by Gasteiger charge is -1.88. The molecule has 0 atom stereocenters. The highest BCUT2D eigenvalue weighted by molar-refractivity contribution is 5.27. The molecule has 66 valence electrons. The van der Waals surface area contributed by atoms with Crippen LogP contribution in [0.2, 0.25) is 0 Å². The van der Waals surface area contributed by atoms with Gasteiger partial charge in [-0.15, -0.1) is 0 Å². The van der Waals surface area contributed by atoms with Gasteiger partial charge in [-0.2, -0.15) is 4.68 Å². The number of hydrogen-bond donors (Lipinski definition) is 0. The molecule has 0 spiro atoms. The lowest BCUT2D eigenvalue weighted by Crippen LogP contribution is -1.98. The minimum Gasteiger partial charge on any atom is -0.358 e.